The summed E-state index contributed by atoms with van der Waals surface area (Å²) in [4.78, 5) is 44.3. The maximum Gasteiger partial charge on any atom is 0.432 e. The summed E-state index contributed by atoms with van der Waals surface area (Å²) in [5.41, 5.74) is 2.51. The lowest BCUT2D eigenvalue weighted by Crippen LogP contribution is -2.10. The van der Waals surface area contributed by atoms with Crippen molar-refractivity contribution in [3.05, 3.63) is 238 Å². The van der Waals surface area contributed by atoms with E-state index in [4.69, 9.17) is 4.74 Å². The number of nitrogens with one attached hydrogen (secondary N) is 12. The van der Waals surface area contributed by atoms with E-state index in [1.165, 1.54) is 79.9 Å². The number of hydrogen-bond acceptors (Lipinski definition) is 22. The molecule has 0 saturated carbocycles. The Balaban J connectivity index is 0.000000164. The molecule has 0 aliphatic heterocycles. The highest BCUT2D eigenvalue weighted by Gasteiger charge is 2.33. The van der Waals surface area contributed by atoms with Gasteiger partial charge in [0.25, 0.3) is 0 Å². The Morgan fingerprint density at radius 2 is 0.698 bits per heavy atom. The Morgan fingerprint density at radius 1 is 0.387 bits per heavy atom. The second-order valence-electron chi connectivity index (χ2n) is 23.0. The Kier molecular flexibility index (Phi) is 26.5. The lowest BCUT2D eigenvalue weighted by Gasteiger charge is -2.16. The van der Waals surface area contributed by atoms with E-state index in [1.54, 1.807) is 52.8 Å². The predicted molar refractivity (Wildman–Crippen MR) is 374 cm³/mol. The van der Waals surface area contributed by atoms with Gasteiger partial charge in [0.15, 0.2) is 23.3 Å². The Labute approximate surface area is 597 Å². The molecule has 0 amide bonds. The van der Waals surface area contributed by atoms with Crippen LogP contribution in [0.4, 0.5) is 118 Å². The molecule has 8 heterocycles. The smallest absolute Gasteiger partial charge is 0.432 e. The first-order valence-electron chi connectivity index (χ1n) is 32.4. The van der Waals surface area contributed by atoms with Crippen molar-refractivity contribution in [2.24, 2.45) is 0 Å². The van der Waals surface area contributed by atoms with Gasteiger partial charge in [-0.1, -0.05) is 44.5 Å². The molecule has 26 nitrogen and oxygen atoms in total. The van der Waals surface area contributed by atoms with Gasteiger partial charge in [-0.05, 0) is 71.7 Å². The molecule has 554 valence electrons. The van der Waals surface area contributed by atoms with Gasteiger partial charge in [0.1, 0.15) is 130 Å². The summed E-state index contributed by atoms with van der Waals surface area (Å²) in [5, 5.41) is 49.9. The number of aryl methyl sites for hydroxylation is 2. The average molecular weight is 1480 g/mol. The zero-order valence-corrected chi connectivity index (χ0v) is 57.3. The molecule has 0 radical (unpaired) electrons. The summed E-state index contributed by atoms with van der Waals surface area (Å²) in [5.74, 6) is -0.546. The number of rotatable bonds is 25. The monoisotopic (exact) mass is 1470 g/mol. The van der Waals surface area contributed by atoms with Gasteiger partial charge in [-0.2, -0.15) is 33.6 Å². The molecule has 12 aromatic rings. The van der Waals surface area contributed by atoms with Crippen LogP contribution in [0.3, 0.4) is 0 Å². The van der Waals surface area contributed by atoms with Crippen LogP contribution >= 0.6 is 0 Å². The first kappa shape index (κ1) is 77.3. The summed E-state index contributed by atoms with van der Waals surface area (Å²) in [6.45, 7) is 13.0. The van der Waals surface area contributed by atoms with E-state index in [2.05, 4.69) is 125 Å². The third kappa shape index (κ3) is 22.6. The molecule has 0 aliphatic carbocycles. The normalized spacial score (nSPS) is 12.1. The SMILES string of the molecule is CC(Nc1cc(Nc2cc(C(F)(F)F)[nH]n2)ncn1)c1ccc(F)cc1F.CCCc1cc(Nc2cc(NC(C)c3ccc(F)cc3F)ncn2)n[nH]1.CCOC(=O)c1cc(Nc2cc(NC(C)c3ccc(F)cc3F)ncn2)n[nH]1.CCc1cc(Nc2cc(NC(C)c3ccc(F)cc3F)ncn2)n[nH]1. The fourth-order valence-electron chi connectivity index (χ4n) is 9.81. The van der Waals surface area contributed by atoms with Crippen LogP contribution < -0.4 is 42.5 Å². The van der Waals surface area contributed by atoms with Gasteiger partial charge in [-0.3, -0.25) is 20.4 Å². The van der Waals surface area contributed by atoms with Crippen LogP contribution in [0.2, 0.25) is 0 Å². The van der Waals surface area contributed by atoms with E-state index in [9.17, 15) is 53.1 Å². The van der Waals surface area contributed by atoms with Crippen LogP contribution in [0.15, 0.2) is 147 Å². The lowest BCUT2D eigenvalue weighted by molar-refractivity contribution is -0.141. The molecule has 0 aliphatic rings. The van der Waals surface area contributed by atoms with Gasteiger partial charge < -0.3 is 47.3 Å². The van der Waals surface area contributed by atoms with Gasteiger partial charge in [0, 0.05) is 106 Å². The molecule has 37 heteroatoms. The van der Waals surface area contributed by atoms with Crippen molar-refractivity contribution in [3.63, 3.8) is 0 Å². The molecule has 12 N–H and O–H groups in total. The second-order valence-corrected chi connectivity index (χ2v) is 23.0. The number of carbonyl (C=O) groups excluding carboxylic acids is 1. The first-order valence-corrected chi connectivity index (χ1v) is 32.4. The van der Waals surface area contributed by atoms with Crippen LogP contribution in [-0.2, 0) is 23.8 Å². The van der Waals surface area contributed by atoms with Gasteiger partial charge in [0.2, 0.25) is 0 Å². The minimum absolute atomic E-state index is 0.0791. The van der Waals surface area contributed by atoms with Gasteiger partial charge in [-0.15, -0.1) is 0 Å². The topological polar surface area (TPSA) is 340 Å². The zero-order chi connectivity index (χ0) is 76.0. The van der Waals surface area contributed by atoms with Crippen molar-refractivity contribution in [2.75, 3.05) is 49.1 Å². The highest BCUT2D eigenvalue weighted by molar-refractivity contribution is 5.88. The number of esters is 1. The summed E-state index contributed by atoms with van der Waals surface area (Å²) in [7, 11) is 0. The third-order valence-corrected chi connectivity index (χ3v) is 15.0. The molecular weight excluding hydrogens is 1410 g/mol. The lowest BCUT2D eigenvalue weighted by atomic mass is 10.1. The number of hydrogen-bond donors (Lipinski definition) is 12. The number of anilines is 12. The van der Waals surface area contributed by atoms with Crippen LogP contribution in [0, 0.1) is 46.5 Å². The van der Waals surface area contributed by atoms with Gasteiger partial charge in [-0.25, -0.2) is 79.8 Å². The van der Waals surface area contributed by atoms with E-state index in [0.29, 0.717) is 69.1 Å². The maximum atomic E-state index is 13.9. The second kappa shape index (κ2) is 36.3. The average Bonchev–Trinajstić information content (AvgIpc) is 0.950. The number of H-pyrrole nitrogens is 4. The van der Waals surface area contributed by atoms with Crippen molar-refractivity contribution in [3.8, 4) is 0 Å². The van der Waals surface area contributed by atoms with Gasteiger partial charge >= 0.3 is 12.1 Å². The van der Waals surface area contributed by atoms with E-state index in [0.717, 1.165) is 67.0 Å². The zero-order valence-electron chi connectivity index (χ0n) is 57.3. The summed E-state index contributed by atoms with van der Waals surface area (Å²) in [6, 6.07) is 24.4. The van der Waals surface area contributed by atoms with E-state index < -0.39 is 76.5 Å². The summed E-state index contributed by atoms with van der Waals surface area (Å²) in [6.07, 6.45) is 3.55. The standard InChI is InChI=1S/C18H18F2N6O2.C18H20F2N6.C17H18F2N6.C16H13F5N6/c1-3-28-18(27)14-7-17(26-25-14)24-16-8-15(21-9-22-16)23-10(2)12-5-4-11(19)6-13(12)20;1-3-4-13-8-18(26-25-13)24-17-9-16(21-10-22-17)23-11(2)14-6-5-12(19)7-15(14)20;1-3-12-7-17(25-24-12)23-16-8-15(20-9-21-16)22-10(2)13-5-4-11(18)6-14(13)19;1-8(10-3-2-9(17)4-11(10)18)24-13-6-14(23-7-22-13)25-15-5-12(26-27-15)16(19,20)21/h4-10H,3H2,1-2H3,(H3,21,22,23,24,25,26);5-11H,3-4H2,1-2H3,(H3,21,22,23,24,25,26);4-10H,3H2,1-2H3,(H3,20,21,22,23,24,25);2-8H,1H3,(H3,22,23,24,25,26,27). The highest BCUT2D eigenvalue weighted by Crippen LogP contribution is 2.32. The number of halogens is 11. The molecular formula is C69H69F11N24O2. The molecule has 4 atom stereocenters. The van der Waals surface area contributed by atoms with Crippen LogP contribution in [0.25, 0.3) is 0 Å². The van der Waals surface area contributed by atoms with Crippen LogP contribution in [0.5, 0.6) is 0 Å². The highest BCUT2D eigenvalue weighted by atomic mass is 19.4. The van der Waals surface area contributed by atoms with Crippen molar-refractivity contribution in [1.82, 2.24) is 80.7 Å². The Hall–Kier alpha value is -12.9. The molecule has 4 unspecified atom stereocenters. The number of nitrogens with zero attached hydrogens (tertiary/aromatic N) is 12. The number of benzene rings is 4. The number of carbonyl (C=O) groups is 1. The number of alkyl halides is 3. The fourth-order valence-corrected chi connectivity index (χ4v) is 9.81. The van der Waals surface area contributed by atoms with Crippen molar-refractivity contribution < 1.29 is 57.8 Å². The molecule has 8 aromatic heterocycles. The Morgan fingerprint density at radius 3 is 1.01 bits per heavy atom. The predicted octanol–water partition coefficient (Wildman–Crippen LogP) is 16.3. The van der Waals surface area contributed by atoms with Crippen LogP contribution in [0.1, 0.15) is 129 Å². The number of aromatic nitrogens is 16. The van der Waals surface area contributed by atoms with Gasteiger partial charge in [0.05, 0.1) is 30.8 Å². The van der Waals surface area contributed by atoms with E-state index >= 15 is 0 Å². The minimum atomic E-state index is -4.54. The largest absolute Gasteiger partial charge is 0.461 e. The maximum absolute atomic E-state index is 13.9. The fraction of sp³-hybridized carbons (Fsp3) is 0.232. The molecule has 106 heavy (non-hydrogen) atoms. The number of ether oxygens (including phenoxy) is 1. The number of aromatic amines is 4. The third-order valence-electron chi connectivity index (χ3n) is 15.0. The minimum Gasteiger partial charge on any atom is -0.461 e. The molecule has 12 rings (SSSR count). The van der Waals surface area contributed by atoms with Crippen molar-refractivity contribution in [1.29, 1.82) is 0 Å². The van der Waals surface area contributed by atoms with Crippen LogP contribution in [-0.4, -0.2) is 93.2 Å². The molecule has 0 bridgehead atoms. The quantitative estimate of drug-likeness (QED) is 0.0187. The summed E-state index contributed by atoms with van der Waals surface area (Å²) < 4.78 is 150. The summed E-state index contributed by atoms with van der Waals surface area (Å²) >= 11 is 0. The first-order chi connectivity index (χ1) is 50.8. The van der Waals surface area contributed by atoms with Crippen molar-refractivity contribution in [2.45, 2.75) is 98.1 Å². The molecule has 0 fully saturated rings. The van der Waals surface area contributed by atoms with Crippen molar-refractivity contribution >= 4 is 75.8 Å². The molecule has 4 aromatic carbocycles. The molecule has 0 saturated heterocycles. The van der Waals surface area contributed by atoms with E-state index in [-0.39, 0.29) is 47.4 Å². The Bertz CT molecular complexity index is 4860. The molecule has 0 spiro atoms. The van der Waals surface area contributed by atoms with E-state index in [1.807, 2.05) is 24.2 Å².